The SMILES string of the molecule is NCCOCC(O)S(N)(=O)=O. The summed E-state index contributed by atoms with van der Waals surface area (Å²) in [6, 6.07) is 0. The molecule has 0 aliphatic carbocycles. The highest BCUT2D eigenvalue weighted by Gasteiger charge is 2.16. The van der Waals surface area contributed by atoms with Crippen molar-refractivity contribution in [2.45, 2.75) is 5.44 Å². The fourth-order valence-electron chi connectivity index (χ4n) is 0.362. The van der Waals surface area contributed by atoms with Crippen molar-refractivity contribution in [1.82, 2.24) is 0 Å². The molecule has 0 saturated heterocycles. The topological polar surface area (TPSA) is 116 Å². The predicted molar refractivity (Wildman–Crippen MR) is 39.0 cm³/mol. The van der Waals surface area contributed by atoms with Crippen LogP contribution in [-0.4, -0.2) is 38.7 Å². The normalized spacial score (nSPS) is 14.8. The molecule has 0 rings (SSSR count). The molecule has 0 amide bonds. The molecule has 68 valence electrons. The van der Waals surface area contributed by atoms with E-state index < -0.39 is 15.5 Å². The molecule has 1 unspecified atom stereocenters. The largest absolute Gasteiger partial charge is 0.376 e. The molecule has 0 heterocycles. The number of nitrogens with two attached hydrogens (primary N) is 2. The smallest absolute Gasteiger partial charge is 0.238 e. The van der Waals surface area contributed by atoms with E-state index in [4.69, 9.17) is 10.8 Å². The van der Waals surface area contributed by atoms with Gasteiger partial charge in [0.05, 0.1) is 13.2 Å². The van der Waals surface area contributed by atoms with Gasteiger partial charge in [-0.1, -0.05) is 0 Å². The Bertz CT molecular complexity index is 190. The summed E-state index contributed by atoms with van der Waals surface area (Å²) in [5.41, 5.74) is 3.38. The number of hydrogen-bond donors (Lipinski definition) is 3. The zero-order valence-electron chi connectivity index (χ0n) is 5.93. The lowest BCUT2D eigenvalue weighted by Gasteiger charge is -2.07. The van der Waals surface area contributed by atoms with Gasteiger partial charge in [-0.3, -0.25) is 0 Å². The number of aliphatic hydroxyl groups is 1. The third-order valence-electron chi connectivity index (χ3n) is 0.902. The van der Waals surface area contributed by atoms with Crippen LogP contribution in [0.2, 0.25) is 0 Å². The third-order valence-corrected chi connectivity index (χ3v) is 1.80. The van der Waals surface area contributed by atoms with Gasteiger partial charge in [-0.05, 0) is 0 Å². The quantitative estimate of drug-likeness (QED) is 0.411. The second-order valence-electron chi connectivity index (χ2n) is 1.91. The van der Waals surface area contributed by atoms with E-state index in [1.807, 2.05) is 0 Å². The van der Waals surface area contributed by atoms with Crippen LogP contribution in [-0.2, 0) is 14.8 Å². The first kappa shape index (κ1) is 10.8. The number of rotatable bonds is 5. The van der Waals surface area contributed by atoms with Gasteiger partial charge in [-0.15, -0.1) is 0 Å². The first-order valence-electron chi connectivity index (χ1n) is 2.96. The van der Waals surface area contributed by atoms with Crippen molar-refractivity contribution < 1.29 is 18.3 Å². The van der Waals surface area contributed by atoms with Gasteiger partial charge in [0.15, 0.2) is 5.44 Å². The molecule has 0 bridgehead atoms. The van der Waals surface area contributed by atoms with E-state index in [-0.39, 0.29) is 19.8 Å². The molecule has 0 spiro atoms. The van der Waals surface area contributed by atoms with E-state index in [1.54, 1.807) is 0 Å². The first-order valence-corrected chi connectivity index (χ1v) is 4.57. The molecular formula is C4H12N2O4S. The van der Waals surface area contributed by atoms with Crippen molar-refractivity contribution >= 4 is 10.0 Å². The maximum atomic E-state index is 10.3. The van der Waals surface area contributed by atoms with Crippen LogP contribution in [0.15, 0.2) is 0 Å². The molecule has 0 fully saturated rings. The van der Waals surface area contributed by atoms with E-state index in [2.05, 4.69) is 9.88 Å². The van der Waals surface area contributed by atoms with Crippen LogP contribution in [0.4, 0.5) is 0 Å². The van der Waals surface area contributed by atoms with E-state index in [9.17, 15) is 8.42 Å². The lowest BCUT2D eigenvalue weighted by atomic mass is 10.7. The summed E-state index contributed by atoms with van der Waals surface area (Å²) >= 11 is 0. The van der Waals surface area contributed by atoms with E-state index in [1.165, 1.54) is 0 Å². The van der Waals surface area contributed by atoms with Gasteiger partial charge in [0.2, 0.25) is 10.0 Å². The van der Waals surface area contributed by atoms with Gasteiger partial charge < -0.3 is 15.6 Å². The molecule has 0 saturated carbocycles. The Morgan fingerprint density at radius 2 is 2.09 bits per heavy atom. The monoisotopic (exact) mass is 184 g/mol. The number of primary sulfonamides is 1. The summed E-state index contributed by atoms with van der Waals surface area (Å²) in [6.45, 7) is 0.139. The summed E-state index contributed by atoms with van der Waals surface area (Å²) in [4.78, 5) is 0. The van der Waals surface area contributed by atoms with Crippen LogP contribution in [0, 0.1) is 0 Å². The summed E-state index contributed by atoms with van der Waals surface area (Å²) in [5, 5.41) is 13.3. The Morgan fingerprint density at radius 1 is 1.55 bits per heavy atom. The number of hydrogen-bond acceptors (Lipinski definition) is 5. The van der Waals surface area contributed by atoms with Crippen LogP contribution in [0.3, 0.4) is 0 Å². The summed E-state index contributed by atoms with van der Waals surface area (Å²) < 4.78 is 25.3. The minimum Gasteiger partial charge on any atom is -0.376 e. The molecule has 0 aliphatic rings. The molecule has 5 N–H and O–H groups in total. The van der Waals surface area contributed by atoms with Crippen LogP contribution >= 0.6 is 0 Å². The lowest BCUT2D eigenvalue weighted by Crippen LogP contribution is -2.32. The Labute approximate surface area is 65.2 Å². The minimum absolute atomic E-state index is 0.201. The van der Waals surface area contributed by atoms with Gasteiger partial charge in [0.25, 0.3) is 0 Å². The summed E-state index contributed by atoms with van der Waals surface area (Å²) in [6.07, 6.45) is 0. The van der Waals surface area contributed by atoms with Crippen LogP contribution in [0.1, 0.15) is 0 Å². The molecule has 11 heavy (non-hydrogen) atoms. The summed E-state index contributed by atoms with van der Waals surface area (Å²) in [5.74, 6) is 0. The fraction of sp³-hybridized carbons (Fsp3) is 1.00. The van der Waals surface area contributed by atoms with Crippen LogP contribution in [0.25, 0.3) is 0 Å². The van der Waals surface area contributed by atoms with Gasteiger partial charge in [0, 0.05) is 6.54 Å². The van der Waals surface area contributed by atoms with Crippen LogP contribution in [0.5, 0.6) is 0 Å². The fourth-order valence-corrected chi connectivity index (χ4v) is 0.648. The maximum Gasteiger partial charge on any atom is 0.238 e. The Balaban J connectivity index is 3.62. The highest BCUT2D eigenvalue weighted by atomic mass is 32.2. The van der Waals surface area contributed by atoms with Gasteiger partial charge >= 0.3 is 0 Å². The lowest BCUT2D eigenvalue weighted by molar-refractivity contribution is 0.0777. The summed E-state index contributed by atoms with van der Waals surface area (Å²) in [7, 11) is -3.89. The zero-order valence-corrected chi connectivity index (χ0v) is 6.75. The van der Waals surface area contributed by atoms with Gasteiger partial charge in [-0.25, -0.2) is 13.6 Å². The second kappa shape index (κ2) is 4.62. The maximum absolute atomic E-state index is 10.3. The van der Waals surface area contributed by atoms with Crippen molar-refractivity contribution in [1.29, 1.82) is 0 Å². The number of sulfonamides is 1. The molecule has 0 aromatic heterocycles. The Kier molecular flexibility index (Phi) is 4.54. The third kappa shape index (κ3) is 5.10. The Morgan fingerprint density at radius 3 is 2.45 bits per heavy atom. The molecule has 0 aromatic rings. The molecule has 0 radical (unpaired) electrons. The van der Waals surface area contributed by atoms with E-state index in [0.29, 0.717) is 0 Å². The van der Waals surface area contributed by atoms with Crippen LogP contribution < -0.4 is 10.9 Å². The zero-order chi connectivity index (χ0) is 8.91. The second-order valence-corrected chi connectivity index (χ2v) is 3.63. The molecule has 7 heteroatoms. The van der Waals surface area contributed by atoms with Crippen molar-refractivity contribution in [3.63, 3.8) is 0 Å². The first-order chi connectivity index (χ1) is 4.98. The average molecular weight is 184 g/mol. The van der Waals surface area contributed by atoms with Gasteiger partial charge in [0.1, 0.15) is 0 Å². The van der Waals surface area contributed by atoms with Crippen molar-refractivity contribution in [3.8, 4) is 0 Å². The number of aliphatic hydroxyl groups excluding tert-OH is 1. The van der Waals surface area contributed by atoms with E-state index in [0.717, 1.165) is 0 Å². The molecule has 0 aromatic carbocycles. The number of ether oxygens (including phenoxy) is 1. The molecule has 0 aliphatic heterocycles. The molecule has 1 atom stereocenters. The predicted octanol–water partition coefficient (Wildman–Crippen LogP) is -2.43. The highest BCUT2D eigenvalue weighted by Crippen LogP contribution is 1.90. The standard InChI is InChI=1S/C4H12N2O4S/c5-1-2-10-3-4(7)11(6,8)9/h4,7H,1-3,5H2,(H2,6,8,9). The molecular weight excluding hydrogens is 172 g/mol. The van der Waals surface area contributed by atoms with Crippen molar-refractivity contribution in [2.75, 3.05) is 19.8 Å². The highest BCUT2D eigenvalue weighted by molar-refractivity contribution is 7.89. The molecule has 6 nitrogen and oxygen atoms in total. The average Bonchev–Trinajstić information content (AvgIpc) is 1.86. The van der Waals surface area contributed by atoms with Crippen molar-refractivity contribution in [3.05, 3.63) is 0 Å². The van der Waals surface area contributed by atoms with E-state index >= 15 is 0 Å². The van der Waals surface area contributed by atoms with Crippen molar-refractivity contribution in [2.24, 2.45) is 10.9 Å². The Hall–Kier alpha value is -0.210. The minimum atomic E-state index is -3.89. The van der Waals surface area contributed by atoms with Gasteiger partial charge in [-0.2, -0.15) is 0 Å².